The molecule has 3 nitrogen and oxygen atoms in total. The number of halogens is 1. The lowest BCUT2D eigenvalue weighted by Crippen LogP contribution is -2.37. The van der Waals surface area contributed by atoms with Crippen molar-refractivity contribution in [1.29, 1.82) is 0 Å². The largest absolute Gasteiger partial charge is 0.325 e. The van der Waals surface area contributed by atoms with Crippen LogP contribution in [0.3, 0.4) is 0 Å². The van der Waals surface area contributed by atoms with Gasteiger partial charge in [0, 0.05) is 12.2 Å². The number of amides is 1. The molecule has 1 fully saturated rings. The zero-order valence-electron chi connectivity index (χ0n) is 11.0. The highest BCUT2D eigenvalue weighted by atomic mass is 35.5. The second-order valence-corrected chi connectivity index (χ2v) is 4.80. The van der Waals surface area contributed by atoms with E-state index >= 15 is 0 Å². The van der Waals surface area contributed by atoms with Gasteiger partial charge in [-0.3, -0.25) is 4.79 Å². The molecule has 1 atom stereocenters. The lowest BCUT2D eigenvalue weighted by molar-refractivity contribution is -0.120. The molecule has 0 aromatic heterocycles. The van der Waals surface area contributed by atoms with Crippen LogP contribution >= 0.6 is 12.4 Å². The zero-order chi connectivity index (χ0) is 12.3. The van der Waals surface area contributed by atoms with Crippen LogP contribution in [-0.2, 0) is 4.79 Å². The van der Waals surface area contributed by atoms with E-state index in [1.807, 2.05) is 32.0 Å². The molecule has 1 aliphatic rings. The Morgan fingerprint density at radius 1 is 1.33 bits per heavy atom. The SMILES string of the molecule is Cc1cccc(C)c1NC(=O)[C@@H]1CCCNC1.Cl. The van der Waals surface area contributed by atoms with Crippen molar-refractivity contribution >= 4 is 24.0 Å². The van der Waals surface area contributed by atoms with Gasteiger partial charge in [-0.25, -0.2) is 0 Å². The molecule has 100 valence electrons. The summed E-state index contributed by atoms with van der Waals surface area (Å²) in [6.07, 6.45) is 2.08. The fourth-order valence-electron chi connectivity index (χ4n) is 2.31. The third-order valence-electron chi connectivity index (χ3n) is 3.40. The minimum absolute atomic E-state index is 0. The molecule has 0 bridgehead atoms. The minimum atomic E-state index is 0. The highest BCUT2D eigenvalue weighted by Gasteiger charge is 2.21. The second kappa shape index (κ2) is 6.76. The van der Waals surface area contributed by atoms with E-state index in [9.17, 15) is 4.79 Å². The average Bonchev–Trinajstić information content (AvgIpc) is 2.35. The number of hydrogen-bond donors (Lipinski definition) is 2. The molecule has 1 saturated heterocycles. The Morgan fingerprint density at radius 3 is 2.56 bits per heavy atom. The summed E-state index contributed by atoms with van der Waals surface area (Å²) in [6.45, 7) is 5.90. The van der Waals surface area contributed by atoms with Crippen molar-refractivity contribution in [2.75, 3.05) is 18.4 Å². The standard InChI is InChI=1S/C14H20N2O.ClH/c1-10-5-3-6-11(2)13(10)16-14(17)12-7-4-8-15-9-12;/h3,5-6,12,15H,4,7-9H2,1-2H3,(H,16,17);1H/t12-;/m1./s1. The lowest BCUT2D eigenvalue weighted by atomic mass is 9.98. The van der Waals surface area contributed by atoms with Crippen LogP contribution in [0.2, 0.25) is 0 Å². The van der Waals surface area contributed by atoms with Crippen molar-refractivity contribution in [1.82, 2.24) is 5.32 Å². The second-order valence-electron chi connectivity index (χ2n) is 4.80. The summed E-state index contributed by atoms with van der Waals surface area (Å²) in [4.78, 5) is 12.1. The van der Waals surface area contributed by atoms with Crippen LogP contribution in [-0.4, -0.2) is 19.0 Å². The monoisotopic (exact) mass is 268 g/mol. The predicted molar refractivity (Wildman–Crippen MR) is 77.4 cm³/mol. The van der Waals surface area contributed by atoms with Gasteiger partial charge in [0.15, 0.2) is 0 Å². The number of aryl methyl sites for hydroxylation is 2. The van der Waals surface area contributed by atoms with Crippen LogP contribution in [0.1, 0.15) is 24.0 Å². The molecule has 4 heteroatoms. The Balaban J connectivity index is 0.00000162. The van der Waals surface area contributed by atoms with Gasteiger partial charge in [0.25, 0.3) is 0 Å². The number of benzene rings is 1. The quantitative estimate of drug-likeness (QED) is 0.866. The molecule has 1 amide bonds. The number of para-hydroxylation sites is 1. The smallest absolute Gasteiger partial charge is 0.228 e. The summed E-state index contributed by atoms with van der Waals surface area (Å²) in [7, 11) is 0. The lowest BCUT2D eigenvalue weighted by Gasteiger charge is -2.22. The van der Waals surface area contributed by atoms with E-state index < -0.39 is 0 Å². The number of hydrogen-bond acceptors (Lipinski definition) is 2. The first-order valence-electron chi connectivity index (χ1n) is 6.26. The van der Waals surface area contributed by atoms with Crippen LogP contribution < -0.4 is 10.6 Å². The summed E-state index contributed by atoms with van der Waals surface area (Å²) in [6, 6.07) is 6.08. The Bertz CT molecular complexity index is 394. The first kappa shape index (κ1) is 15.0. The van der Waals surface area contributed by atoms with Gasteiger partial charge < -0.3 is 10.6 Å². The summed E-state index contributed by atoms with van der Waals surface area (Å²) < 4.78 is 0. The Labute approximate surface area is 115 Å². The minimum Gasteiger partial charge on any atom is -0.325 e. The number of piperidine rings is 1. The summed E-state index contributed by atoms with van der Waals surface area (Å²) in [5.41, 5.74) is 3.23. The van der Waals surface area contributed by atoms with Crippen LogP contribution in [0, 0.1) is 19.8 Å². The highest BCUT2D eigenvalue weighted by molar-refractivity contribution is 5.94. The van der Waals surface area contributed by atoms with E-state index in [2.05, 4.69) is 10.6 Å². The van der Waals surface area contributed by atoms with E-state index in [1.54, 1.807) is 0 Å². The van der Waals surface area contributed by atoms with Crippen LogP contribution in [0.5, 0.6) is 0 Å². The Morgan fingerprint density at radius 2 is 2.00 bits per heavy atom. The zero-order valence-corrected chi connectivity index (χ0v) is 11.8. The Hall–Kier alpha value is -1.06. The maximum absolute atomic E-state index is 12.1. The number of rotatable bonds is 2. The number of nitrogens with one attached hydrogen (secondary N) is 2. The topological polar surface area (TPSA) is 41.1 Å². The number of carbonyl (C=O) groups is 1. The maximum atomic E-state index is 12.1. The number of anilines is 1. The summed E-state index contributed by atoms with van der Waals surface area (Å²) in [5, 5.41) is 6.34. The third-order valence-corrected chi connectivity index (χ3v) is 3.40. The first-order chi connectivity index (χ1) is 8.18. The van der Waals surface area contributed by atoms with Crippen LogP contribution in [0.25, 0.3) is 0 Å². The van der Waals surface area contributed by atoms with Gasteiger partial charge in [-0.2, -0.15) is 0 Å². The molecular weight excluding hydrogens is 248 g/mol. The van der Waals surface area contributed by atoms with E-state index in [0.29, 0.717) is 0 Å². The van der Waals surface area contributed by atoms with Crippen molar-refractivity contribution in [3.63, 3.8) is 0 Å². The normalized spacial score (nSPS) is 18.9. The van der Waals surface area contributed by atoms with E-state index in [-0.39, 0.29) is 24.2 Å². The predicted octanol–water partition coefficient (Wildman–Crippen LogP) is 2.66. The maximum Gasteiger partial charge on any atom is 0.228 e. The molecule has 1 aliphatic heterocycles. The van der Waals surface area contributed by atoms with Crippen LogP contribution in [0.4, 0.5) is 5.69 Å². The van der Waals surface area contributed by atoms with Crippen molar-refractivity contribution in [3.05, 3.63) is 29.3 Å². The van der Waals surface area contributed by atoms with Gasteiger partial charge in [-0.05, 0) is 44.4 Å². The van der Waals surface area contributed by atoms with Crippen molar-refractivity contribution < 1.29 is 4.79 Å². The van der Waals surface area contributed by atoms with Gasteiger partial charge in [-0.15, -0.1) is 12.4 Å². The van der Waals surface area contributed by atoms with Crippen LogP contribution in [0.15, 0.2) is 18.2 Å². The summed E-state index contributed by atoms with van der Waals surface area (Å²) in [5.74, 6) is 0.261. The van der Waals surface area contributed by atoms with Gasteiger partial charge in [0.1, 0.15) is 0 Å². The molecule has 2 rings (SSSR count). The molecule has 18 heavy (non-hydrogen) atoms. The molecule has 1 heterocycles. The molecule has 0 spiro atoms. The average molecular weight is 269 g/mol. The molecule has 1 aromatic rings. The van der Waals surface area contributed by atoms with E-state index in [0.717, 1.165) is 42.7 Å². The van der Waals surface area contributed by atoms with Crippen molar-refractivity contribution in [2.45, 2.75) is 26.7 Å². The van der Waals surface area contributed by atoms with Gasteiger partial charge in [-0.1, -0.05) is 18.2 Å². The van der Waals surface area contributed by atoms with Gasteiger partial charge >= 0.3 is 0 Å². The molecular formula is C14H21ClN2O. The van der Waals surface area contributed by atoms with Crippen molar-refractivity contribution in [3.8, 4) is 0 Å². The highest BCUT2D eigenvalue weighted by Crippen LogP contribution is 2.21. The molecule has 0 saturated carbocycles. The molecule has 0 radical (unpaired) electrons. The van der Waals surface area contributed by atoms with Gasteiger partial charge in [0.05, 0.1) is 5.92 Å². The third kappa shape index (κ3) is 3.47. The molecule has 0 aliphatic carbocycles. The van der Waals surface area contributed by atoms with Gasteiger partial charge in [0.2, 0.25) is 5.91 Å². The summed E-state index contributed by atoms with van der Waals surface area (Å²) >= 11 is 0. The van der Waals surface area contributed by atoms with E-state index in [4.69, 9.17) is 0 Å². The first-order valence-corrected chi connectivity index (χ1v) is 6.26. The Kier molecular flexibility index (Phi) is 5.63. The fraction of sp³-hybridized carbons (Fsp3) is 0.500. The fourth-order valence-corrected chi connectivity index (χ4v) is 2.31. The molecule has 1 aromatic carbocycles. The van der Waals surface area contributed by atoms with E-state index in [1.165, 1.54) is 0 Å². The number of carbonyl (C=O) groups excluding carboxylic acids is 1. The molecule has 0 unspecified atom stereocenters. The molecule has 2 N–H and O–H groups in total. The van der Waals surface area contributed by atoms with Crippen molar-refractivity contribution in [2.24, 2.45) is 5.92 Å².